The van der Waals surface area contributed by atoms with E-state index in [1.54, 1.807) is 23.6 Å². The van der Waals surface area contributed by atoms with Crippen LogP contribution in [-0.4, -0.2) is 25.3 Å². The quantitative estimate of drug-likeness (QED) is 0.797. The Bertz CT molecular complexity index is 697. The number of rotatable bonds is 5. The van der Waals surface area contributed by atoms with Crippen LogP contribution in [0.5, 0.6) is 0 Å². The molecule has 0 fully saturated rings. The van der Waals surface area contributed by atoms with Gasteiger partial charge >= 0.3 is 0 Å². The molecule has 0 bridgehead atoms. The third-order valence-corrected chi connectivity index (χ3v) is 4.59. The molecule has 0 radical (unpaired) electrons. The fourth-order valence-corrected chi connectivity index (χ4v) is 2.88. The Balaban J connectivity index is 2.55. The molecule has 0 spiro atoms. The lowest BCUT2D eigenvalue weighted by molar-refractivity contribution is 0.643. The second kappa shape index (κ2) is 6.50. The molecule has 2 unspecified atom stereocenters. The van der Waals surface area contributed by atoms with E-state index in [0.29, 0.717) is 34.8 Å². The SMILES string of the molecule is CCS(=O)CCn1c(C(C)Cl)nc2ccccc2c1=O. The summed E-state index contributed by atoms with van der Waals surface area (Å²) in [6.45, 7) is 4.03. The molecule has 6 heteroatoms. The number of para-hydroxylation sites is 1. The van der Waals surface area contributed by atoms with Crippen LogP contribution >= 0.6 is 11.6 Å². The molecule has 0 saturated carbocycles. The van der Waals surface area contributed by atoms with Crippen molar-refractivity contribution in [3.05, 3.63) is 40.4 Å². The van der Waals surface area contributed by atoms with Crippen LogP contribution in [0.3, 0.4) is 0 Å². The zero-order chi connectivity index (χ0) is 14.7. The third-order valence-electron chi connectivity index (χ3n) is 3.11. The minimum Gasteiger partial charge on any atom is -0.294 e. The Morgan fingerprint density at radius 3 is 2.75 bits per heavy atom. The van der Waals surface area contributed by atoms with E-state index in [-0.39, 0.29) is 10.9 Å². The molecule has 1 aromatic carbocycles. The van der Waals surface area contributed by atoms with Gasteiger partial charge in [0, 0.05) is 28.9 Å². The van der Waals surface area contributed by atoms with Gasteiger partial charge in [0.25, 0.3) is 5.56 Å². The molecule has 2 atom stereocenters. The number of halogens is 1. The van der Waals surface area contributed by atoms with Crippen molar-refractivity contribution >= 4 is 33.3 Å². The number of hydrogen-bond acceptors (Lipinski definition) is 3. The molecular weight excluding hydrogens is 296 g/mol. The van der Waals surface area contributed by atoms with Gasteiger partial charge in [-0.2, -0.15) is 0 Å². The van der Waals surface area contributed by atoms with Crippen molar-refractivity contribution in [2.24, 2.45) is 0 Å². The standard InChI is InChI=1S/C14H17ClN2O2S/c1-3-20(19)9-8-17-13(10(2)15)16-12-7-5-4-6-11(12)14(17)18/h4-7,10H,3,8-9H2,1-2H3. The van der Waals surface area contributed by atoms with Crippen LogP contribution in [0.15, 0.2) is 29.1 Å². The second-order valence-electron chi connectivity index (χ2n) is 4.49. The largest absolute Gasteiger partial charge is 0.294 e. The fourth-order valence-electron chi connectivity index (χ4n) is 2.04. The monoisotopic (exact) mass is 312 g/mol. The first-order valence-electron chi connectivity index (χ1n) is 6.53. The van der Waals surface area contributed by atoms with Crippen molar-refractivity contribution < 1.29 is 4.21 Å². The highest BCUT2D eigenvalue weighted by Gasteiger charge is 2.15. The van der Waals surface area contributed by atoms with Crippen LogP contribution in [0.1, 0.15) is 25.0 Å². The Kier molecular flexibility index (Phi) is 4.94. The van der Waals surface area contributed by atoms with Crippen LogP contribution < -0.4 is 5.56 Å². The van der Waals surface area contributed by atoms with Gasteiger partial charge < -0.3 is 0 Å². The third kappa shape index (κ3) is 3.10. The summed E-state index contributed by atoms with van der Waals surface area (Å²) in [5.74, 6) is 1.55. The number of nitrogens with zero attached hydrogens (tertiary/aromatic N) is 2. The smallest absolute Gasteiger partial charge is 0.261 e. The zero-order valence-electron chi connectivity index (χ0n) is 11.5. The molecule has 2 aromatic rings. The van der Waals surface area contributed by atoms with Crippen molar-refractivity contribution in [1.82, 2.24) is 9.55 Å². The number of fused-ring (bicyclic) bond motifs is 1. The molecule has 0 saturated heterocycles. The lowest BCUT2D eigenvalue weighted by atomic mass is 10.2. The predicted octanol–water partition coefficient (Wildman–Crippen LogP) is 2.46. The van der Waals surface area contributed by atoms with Gasteiger partial charge in [-0.05, 0) is 19.1 Å². The fraction of sp³-hybridized carbons (Fsp3) is 0.429. The minimum atomic E-state index is -0.922. The highest BCUT2D eigenvalue weighted by Crippen LogP contribution is 2.18. The molecular formula is C14H17ClN2O2S. The molecule has 0 aliphatic carbocycles. The maximum Gasteiger partial charge on any atom is 0.261 e. The van der Waals surface area contributed by atoms with E-state index in [0.717, 1.165) is 0 Å². The van der Waals surface area contributed by atoms with Crippen LogP contribution in [0.4, 0.5) is 0 Å². The van der Waals surface area contributed by atoms with E-state index in [1.807, 2.05) is 19.1 Å². The molecule has 108 valence electrons. The van der Waals surface area contributed by atoms with Crippen molar-refractivity contribution in [3.8, 4) is 0 Å². The van der Waals surface area contributed by atoms with Crippen LogP contribution in [0.2, 0.25) is 0 Å². The van der Waals surface area contributed by atoms with Crippen LogP contribution in [0, 0.1) is 0 Å². The Morgan fingerprint density at radius 2 is 2.10 bits per heavy atom. The van der Waals surface area contributed by atoms with E-state index in [4.69, 9.17) is 11.6 Å². The van der Waals surface area contributed by atoms with Gasteiger partial charge in [0.15, 0.2) is 0 Å². The summed E-state index contributed by atoms with van der Waals surface area (Å²) in [7, 11) is -0.922. The lowest BCUT2D eigenvalue weighted by Crippen LogP contribution is -2.28. The molecule has 2 rings (SSSR count). The van der Waals surface area contributed by atoms with Gasteiger partial charge in [-0.15, -0.1) is 11.6 Å². The summed E-state index contributed by atoms with van der Waals surface area (Å²) in [6, 6.07) is 7.20. The van der Waals surface area contributed by atoms with Gasteiger partial charge in [0.2, 0.25) is 0 Å². The van der Waals surface area contributed by atoms with Gasteiger partial charge in [0.05, 0.1) is 16.3 Å². The summed E-state index contributed by atoms with van der Waals surface area (Å²) in [6.07, 6.45) is 0. The van der Waals surface area contributed by atoms with Crippen molar-refractivity contribution in [2.45, 2.75) is 25.8 Å². The van der Waals surface area contributed by atoms with Crippen molar-refractivity contribution in [3.63, 3.8) is 0 Å². The van der Waals surface area contributed by atoms with Gasteiger partial charge in [-0.3, -0.25) is 13.6 Å². The number of alkyl halides is 1. The highest BCUT2D eigenvalue weighted by atomic mass is 35.5. The first-order valence-corrected chi connectivity index (χ1v) is 8.45. The molecule has 0 amide bonds. The zero-order valence-corrected chi connectivity index (χ0v) is 13.1. The average Bonchev–Trinajstić information content (AvgIpc) is 2.45. The van der Waals surface area contributed by atoms with Gasteiger partial charge in [-0.1, -0.05) is 19.1 Å². The summed E-state index contributed by atoms with van der Waals surface area (Å²) in [5.41, 5.74) is 0.527. The maximum atomic E-state index is 12.5. The number of aromatic nitrogens is 2. The molecule has 4 nitrogen and oxygen atoms in total. The van der Waals surface area contributed by atoms with E-state index < -0.39 is 10.8 Å². The Labute approximate surface area is 125 Å². The van der Waals surface area contributed by atoms with Gasteiger partial charge in [-0.25, -0.2) is 4.98 Å². The maximum absolute atomic E-state index is 12.5. The van der Waals surface area contributed by atoms with Gasteiger partial charge in [0.1, 0.15) is 5.82 Å². The van der Waals surface area contributed by atoms with E-state index in [9.17, 15) is 9.00 Å². The average molecular weight is 313 g/mol. The van der Waals surface area contributed by atoms with Crippen molar-refractivity contribution in [2.75, 3.05) is 11.5 Å². The van der Waals surface area contributed by atoms with E-state index in [2.05, 4.69) is 4.98 Å². The van der Waals surface area contributed by atoms with E-state index in [1.165, 1.54) is 0 Å². The Morgan fingerprint density at radius 1 is 1.40 bits per heavy atom. The normalized spacial score (nSPS) is 14.3. The number of hydrogen-bond donors (Lipinski definition) is 0. The first-order chi connectivity index (χ1) is 9.54. The number of benzene rings is 1. The second-order valence-corrected chi connectivity index (χ2v) is 7.01. The molecule has 1 heterocycles. The highest BCUT2D eigenvalue weighted by molar-refractivity contribution is 7.84. The molecule has 20 heavy (non-hydrogen) atoms. The molecule has 0 aliphatic rings. The minimum absolute atomic E-state index is 0.119. The summed E-state index contributed by atoms with van der Waals surface area (Å²) in [5, 5.41) is 0.193. The predicted molar refractivity (Wildman–Crippen MR) is 83.8 cm³/mol. The first kappa shape index (κ1) is 15.2. The van der Waals surface area contributed by atoms with Crippen LogP contribution in [-0.2, 0) is 17.3 Å². The Hall–Kier alpha value is -1.20. The van der Waals surface area contributed by atoms with Crippen molar-refractivity contribution in [1.29, 1.82) is 0 Å². The van der Waals surface area contributed by atoms with E-state index >= 15 is 0 Å². The lowest BCUT2D eigenvalue weighted by Gasteiger charge is -2.14. The molecule has 1 aromatic heterocycles. The summed E-state index contributed by atoms with van der Waals surface area (Å²) in [4.78, 5) is 17.0. The molecule has 0 N–H and O–H groups in total. The summed E-state index contributed by atoms with van der Waals surface area (Å²) < 4.78 is 13.1. The molecule has 0 aliphatic heterocycles. The van der Waals surface area contributed by atoms with Crippen LogP contribution in [0.25, 0.3) is 10.9 Å². The summed E-state index contributed by atoms with van der Waals surface area (Å²) >= 11 is 6.13. The topological polar surface area (TPSA) is 52.0 Å².